The molecule has 4 rings (SSSR count). The number of nitrogens with one attached hydrogen (secondary N) is 1. The van der Waals surface area contributed by atoms with Crippen molar-refractivity contribution in [3.8, 4) is 17.2 Å². The van der Waals surface area contributed by atoms with Gasteiger partial charge in [0.15, 0.2) is 0 Å². The highest BCUT2D eigenvalue weighted by molar-refractivity contribution is 9.10. The maximum absolute atomic E-state index is 12.1. The van der Waals surface area contributed by atoms with Crippen molar-refractivity contribution in [3.05, 3.63) is 52.0 Å². The summed E-state index contributed by atoms with van der Waals surface area (Å²) in [6, 6.07) is 11.3. The lowest BCUT2D eigenvalue weighted by Crippen LogP contribution is -2.56. The summed E-state index contributed by atoms with van der Waals surface area (Å²) < 4.78 is 17.8. The molecule has 1 amide bonds. The van der Waals surface area contributed by atoms with Gasteiger partial charge < -0.3 is 19.5 Å². The molecular formula is C17H14BrNO4. The number of carbonyl (C=O) groups excluding carboxylic acids is 1. The third-order valence-electron chi connectivity index (χ3n) is 4.17. The molecule has 2 aliphatic rings. The fraction of sp³-hybridized carbons (Fsp3) is 0.235. The Balaban J connectivity index is 1.98. The molecule has 23 heavy (non-hydrogen) atoms. The van der Waals surface area contributed by atoms with Gasteiger partial charge in [0.25, 0.3) is 0 Å². The smallest absolute Gasteiger partial charge is 0.247 e. The summed E-state index contributed by atoms with van der Waals surface area (Å²) in [6.07, 6.45) is 0. The van der Waals surface area contributed by atoms with Gasteiger partial charge in [-0.25, -0.2) is 0 Å². The number of hydrogen-bond acceptors (Lipinski definition) is 4. The fourth-order valence-electron chi connectivity index (χ4n) is 3.14. The van der Waals surface area contributed by atoms with Crippen molar-refractivity contribution in [2.45, 2.75) is 5.54 Å². The molecule has 5 nitrogen and oxygen atoms in total. The monoisotopic (exact) mass is 375 g/mol. The number of methoxy groups -OCH3 is 1. The van der Waals surface area contributed by atoms with Gasteiger partial charge in [0, 0.05) is 15.6 Å². The first-order chi connectivity index (χ1) is 11.1. The number of halogens is 1. The van der Waals surface area contributed by atoms with Crippen molar-refractivity contribution < 1.29 is 19.0 Å². The van der Waals surface area contributed by atoms with Gasteiger partial charge in [0.1, 0.15) is 29.4 Å². The van der Waals surface area contributed by atoms with Crippen LogP contribution >= 0.6 is 15.9 Å². The van der Waals surface area contributed by atoms with E-state index in [4.69, 9.17) is 14.2 Å². The Hall–Kier alpha value is -2.05. The van der Waals surface area contributed by atoms with E-state index in [0.717, 1.165) is 15.6 Å². The lowest BCUT2D eigenvalue weighted by Gasteiger charge is -2.42. The molecule has 2 aliphatic heterocycles. The van der Waals surface area contributed by atoms with E-state index in [-0.39, 0.29) is 12.5 Å². The van der Waals surface area contributed by atoms with Crippen LogP contribution in [0.5, 0.6) is 17.2 Å². The lowest BCUT2D eigenvalue weighted by atomic mass is 9.80. The number of benzene rings is 2. The Kier molecular flexibility index (Phi) is 3.32. The Morgan fingerprint density at radius 1 is 1.17 bits per heavy atom. The summed E-state index contributed by atoms with van der Waals surface area (Å²) in [5.74, 6) is 1.94. The van der Waals surface area contributed by atoms with E-state index in [9.17, 15) is 4.79 Å². The summed E-state index contributed by atoms with van der Waals surface area (Å²) >= 11 is 3.49. The van der Waals surface area contributed by atoms with Gasteiger partial charge in [-0.05, 0) is 36.4 Å². The highest BCUT2D eigenvalue weighted by Gasteiger charge is 2.46. The number of fused-ring (bicyclic) bond motifs is 4. The van der Waals surface area contributed by atoms with Crippen molar-refractivity contribution in [2.75, 3.05) is 20.3 Å². The van der Waals surface area contributed by atoms with Gasteiger partial charge in [-0.1, -0.05) is 15.9 Å². The molecular weight excluding hydrogens is 362 g/mol. The Morgan fingerprint density at radius 3 is 2.65 bits per heavy atom. The minimum atomic E-state index is -0.781. The number of ether oxygens (including phenoxy) is 3. The average Bonchev–Trinajstić information content (AvgIpc) is 2.56. The second-order valence-corrected chi connectivity index (χ2v) is 6.47. The molecule has 2 heterocycles. The van der Waals surface area contributed by atoms with Crippen LogP contribution in [0.2, 0.25) is 0 Å². The van der Waals surface area contributed by atoms with E-state index >= 15 is 0 Å². The molecule has 0 saturated carbocycles. The first-order valence-electron chi connectivity index (χ1n) is 7.17. The van der Waals surface area contributed by atoms with Crippen LogP contribution in [-0.2, 0) is 15.1 Å². The second-order valence-electron chi connectivity index (χ2n) is 5.55. The first kappa shape index (κ1) is 14.5. The first-order valence-corrected chi connectivity index (χ1v) is 7.97. The van der Waals surface area contributed by atoms with Crippen LogP contribution in [0.1, 0.15) is 11.1 Å². The van der Waals surface area contributed by atoms with E-state index in [1.54, 1.807) is 7.11 Å². The predicted octanol–water partition coefficient (Wildman–Crippen LogP) is 2.95. The Bertz CT molecular complexity index is 807. The summed E-state index contributed by atoms with van der Waals surface area (Å²) in [7, 11) is 1.61. The summed E-state index contributed by atoms with van der Waals surface area (Å²) in [5, 5.41) is 3.10. The number of hydrogen-bond donors (Lipinski definition) is 1. The molecule has 2 aromatic carbocycles. The van der Waals surface area contributed by atoms with Crippen LogP contribution in [0.3, 0.4) is 0 Å². The van der Waals surface area contributed by atoms with E-state index in [0.29, 0.717) is 23.9 Å². The van der Waals surface area contributed by atoms with Gasteiger partial charge in [-0.2, -0.15) is 0 Å². The molecule has 1 N–H and O–H groups in total. The van der Waals surface area contributed by atoms with Gasteiger partial charge in [0.05, 0.1) is 13.7 Å². The van der Waals surface area contributed by atoms with Crippen molar-refractivity contribution in [3.63, 3.8) is 0 Å². The van der Waals surface area contributed by atoms with Crippen molar-refractivity contribution in [1.29, 1.82) is 0 Å². The molecule has 1 spiro atoms. The second kappa shape index (κ2) is 5.25. The zero-order chi connectivity index (χ0) is 16.0. The summed E-state index contributed by atoms with van der Waals surface area (Å²) in [5.41, 5.74) is 0.910. The van der Waals surface area contributed by atoms with Gasteiger partial charge in [-0.15, -0.1) is 0 Å². The standard InChI is InChI=1S/C17H14BrNO4/c1-21-11-3-5-15-13(7-11)17(9-22-8-16(20)19-17)12-6-10(18)2-4-14(12)23-15/h2-7H,8-9H2,1H3,(H,19,20)/t17-/m0/s1. The molecule has 0 radical (unpaired) electrons. The van der Waals surface area contributed by atoms with Crippen LogP contribution in [0, 0.1) is 0 Å². The third kappa shape index (κ3) is 2.21. The van der Waals surface area contributed by atoms with Crippen LogP contribution in [0.15, 0.2) is 40.9 Å². The van der Waals surface area contributed by atoms with Crippen molar-refractivity contribution in [2.24, 2.45) is 0 Å². The molecule has 1 saturated heterocycles. The highest BCUT2D eigenvalue weighted by atomic mass is 79.9. The largest absolute Gasteiger partial charge is 0.497 e. The molecule has 1 atom stereocenters. The number of rotatable bonds is 1. The topological polar surface area (TPSA) is 56.8 Å². The average molecular weight is 376 g/mol. The van der Waals surface area contributed by atoms with E-state index < -0.39 is 5.54 Å². The van der Waals surface area contributed by atoms with E-state index in [2.05, 4.69) is 21.2 Å². The van der Waals surface area contributed by atoms with Crippen molar-refractivity contribution >= 4 is 21.8 Å². The molecule has 0 unspecified atom stereocenters. The van der Waals surface area contributed by atoms with Crippen LogP contribution < -0.4 is 14.8 Å². The lowest BCUT2D eigenvalue weighted by molar-refractivity contribution is -0.134. The minimum absolute atomic E-state index is 0.0608. The third-order valence-corrected chi connectivity index (χ3v) is 4.67. The van der Waals surface area contributed by atoms with Crippen molar-refractivity contribution in [1.82, 2.24) is 5.32 Å². The molecule has 1 fully saturated rings. The Labute approximate surface area is 141 Å². The van der Waals surface area contributed by atoms with Gasteiger partial charge >= 0.3 is 0 Å². The SMILES string of the molecule is COc1ccc2c(c1)[C@]1(COCC(=O)N1)c1cc(Br)ccc1O2. The molecule has 6 heteroatoms. The maximum Gasteiger partial charge on any atom is 0.247 e. The van der Waals surface area contributed by atoms with Gasteiger partial charge in [-0.3, -0.25) is 4.79 Å². The zero-order valence-electron chi connectivity index (χ0n) is 12.4. The molecule has 118 valence electrons. The number of amides is 1. The number of morpholine rings is 1. The predicted molar refractivity (Wildman–Crippen MR) is 87.0 cm³/mol. The van der Waals surface area contributed by atoms with Gasteiger partial charge in [0.2, 0.25) is 5.91 Å². The van der Waals surface area contributed by atoms with Crippen LogP contribution in [-0.4, -0.2) is 26.2 Å². The summed E-state index contributed by atoms with van der Waals surface area (Å²) in [4.78, 5) is 12.1. The Morgan fingerprint density at radius 2 is 1.91 bits per heavy atom. The maximum atomic E-state index is 12.1. The van der Waals surface area contributed by atoms with Crippen LogP contribution in [0.25, 0.3) is 0 Å². The molecule has 0 aliphatic carbocycles. The molecule has 2 aromatic rings. The summed E-state index contributed by atoms with van der Waals surface area (Å²) in [6.45, 7) is 0.400. The highest BCUT2D eigenvalue weighted by Crippen LogP contribution is 2.49. The quantitative estimate of drug-likeness (QED) is 0.832. The number of carbonyl (C=O) groups is 1. The zero-order valence-corrected chi connectivity index (χ0v) is 14.0. The fourth-order valence-corrected chi connectivity index (χ4v) is 3.51. The van der Waals surface area contributed by atoms with E-state index in [1.807, 2.05) is 36.4 Å². The normalized spacial score (nSPS) is 21.9. The molecule has 0 bridgehead atoms. The van der Waals surface area contributed by atoms with E-state index in [1.165, 1.54) is 0 Å². The molecule has 0 aromatic heterocycles. The van der Waals surface area contributed by atoms with Crippen LogP contribution in [0.4, 0.5) is 0 Å². The minimum Gasteiger partial charge on any atom is -0.497 e.